The zero-order chi connectivity index (χ0) is 13.2. The van der Waals surface area contributed by atoms with Gasteiger partial charge in [0.2, 0.25) is 0 Å². The van der Waals surface area contributed by atoms with Crippen LogP contribution in [0.25, 0.3) is 0 Å². The van der Waals surface area contributed by atoms with Gasteiger partial charge in [0, 0.05) is 19.3 Å². The van der Waals surface area contributed by atoms with Crippen molar-refractivity contribution in [3.8, 4) is 6.07 Å². The molecule has 1 aromatic heterocycles. The molecule has 1 aliphatic heterocycles. The third-order valence-electron chi connectivity index (χ3n) is 3.74. The smallest absolute Gasteiger partial charge is 0.101 e. The van der Waals surface area contributed by atoms with Crippen molar-refractivity contribution in [2.24, 2.45) is 0 Å². The first kappa shape index (κ1) is 13.1. The Morgan fingerprint density at radius 1 is 1.50 bits per heavy atom. The first-order chi connectivity index (χ1) is 8.61. The molecule has 0 aliphatic carbocycles. The molecule has 98 valence electrons. The lowest BCUT2D eigenvalue weighted by molar-refractivity contribution is 0.00547. The summed E-state index contributed by atoms with van der Waals surface area (Å²) in [6.45, 7) is 9.55. The number of nitriles is 1. The zero-order valence-corrected chi connectivity index (χ0v) is 11.6. The van der Waals surface area contributed by atoms with Crippen LogP contribution in [0.15, 0.2) is 12.4 Å². The Labute approximate surface area is 109 Å². The second-order valence-corrected chi connectivity index (χ2v) is 5.64. The van der Waals surface area contributed by atoms with Crippen LogP contribution in [0.3, 0.4) is 0 Å². The van der Waals surface area contributed by atoms with E-state index in [1.807, 2.05) is 10.9 Å². The highest BCUT2D eigenvalue weighted by atomic mass is 15.4. The molecule has 18 heavy (non-hydrogen) atoms. The number of hydrogen-bond donors (Lipinski definition) is 0. The first-order valence-corrected chi connectivity index (χ1v) is 6.75. The predicted octanol–water partition coefficient (Wildman–Crippen LogP) is 2.34. The van der Waals surface area contributed by atoms with Crippen molar-refractivity contribution in [2.75, 3.05) is 19.6 Å². The molecule has 0 unspecified atom stereocenters. The maximum atomic E-state index is 9.05. The van der Waals surface area contributed by atoms with E-state index in [0.29, 0.717) is 12.3 Å². The maximum Gasteiger partial charge on any atom is 0.101 e. The van der Waals surface area contributed by atoms with Crippen molar-refractivity contribution in [1.82, 2.24) is 14.7 Å². The lowest BCUT2D eigenvalue weighted by Gasteiger charge is -2.49. The van der Waals surface area contributed by atoms with Gasteiger partial charge in [-0.3, -0.25) is 9.58 Å². The molecule has 0 aromatic carbocycles. The van der Waals surface area contributed by atoms with Gasteiger partial charge in [0.05, 0.1) is 18.7 Å². The standard InChI is InChI=1S/C14H22N4/c1-4-7-17-10-14(11-17,5-6-15)18-9-13(8-16-18)12(2)3/h8-9,12H,4-5,7,10-11H2,1-3H3. The third-order valence-corrected chi connectivity index (χ3v) is 3.74. The Balaban J connectivity index is 2.14. The summed E-state index contributed by atoms with van der Waals surface area (Å²) in [5.74, 6) is 0.490. The van der Waals surface area contributed by atoms with Crippen molar-refractivity contribution >= 4 is 0 Å². The summed E-state index contributed by atoms with van der Waals surface area (Å²) in [7, 11) is 0. The van der Waals surface area contributed by atoms with E-state index in [9.17, 15) is 0 Å². The molecule has 0 amide bonds. The second-order valence-electron chi connectivity index (χ2n) is 5.64. The van der Waals surface area contributed by atoms with Crippen molar-refractivity contribution in [2.45, 2.75) is 45.1 Å². The summed E-state index contributed by atoms with van der Waals surface area (Å²) in [6.07, 6.45) is 5.77. The number of aromatic nitrogens is 2. The van der Waals surface area contributed by atoms with Gasteiger partial charge in [-0.15, -0.1) is 0 Å². The van der Waals surface area contributed by atoms with Gasteiger partial charge in [-0.1, -0.05) is 20.8 Å². The Bertz CT molecular complexity index is 435. The van der Waals surface area contributed by atoms with Crippen molar-refractivity contribution in [1.29, 1.82) is 5.26 Å². The molecule has 1 saturated heterocycles. The van der Waals surface area contributed by atoms with E-state index in [1.54, 1.807) is 0 Å². The van der Waals surface area contributed by atoms with E-state index < -0.39 is 0 Å². The number of hydrogen-bond acceptors (Lipinski definition) is 3. The number of nitrogens with zero attached hydrogens (tertiary/aromatic N) is 4. The van der Waals surface area contributed by atoms with E-state index in [1.165, 1.54) is 12.0 Å². The topological polar surface area (TPSA) is 44.9 Å². The van der Waals surface area contributed by atoms with Gasteiger partial charge >= 0.3 is 0 Å². The molecule has 2 heterocycles. The van der Waals surface area contributed by atoms with Gasteiger partial charge in [-0.2, -0.15) is 10.4 Å². The predicted molar refractivity (Wildman–Crippen MR) is 71.3 cm³/mol. The molecule has 1 aromatic rings. The summed E-state index contributed by atoms with van der Waals surface area (Å²) in [4.78, 5) is 2.40. The van der Waals surface area contributed by atoms with Crippen LogP contribution in [0.4, 0.5) is 0 Å². The van der Waals surface area contributed by atoms with Crippen molar-refractivity contribution < 1.29 is 0 Å². The van der Waals surface area contributed by atoms with E-state index in [4.69, 9.17) is 5.26 Å². The van der Waals surface area contributed by atoms with Crippen molar-refractivity contribution in [3.05, 3.63) is 18.0 Å². The molecule has 4 nitrogen and oxygen atoms in total. The van der Waals surface area contributed by atoms with E-state index in [2.05, 4.69) is 43.0 Å². The van der Waals surface area contributed by atoms with Crippen LogP contribution >= 0.6 is 0 Å². The summed E-state index contributed by atoms with van der Waals surface area (Å²) in [5.41, 5.74) is 1.16. The molecule has 0 N–H and O–H groups in total. The largest absolute Gasteiger partial charge is 0.298 e. The summed E-state index contributed by atoms with van der Waals surface area (Å²) in [6, 6.07) is 2.32. The highest BCUT2D eigenvalue weighted by Crippen LogP contribution is 2.32. The number of rotatable bonds is 5. The quantitative estimate of drug-likeness (QED) is 0.801. The zero-order valence-electron chi connectivity index (χ0n) is 11.6. The van der Waals surface area contributed by atoms with Crippen LogP contribution in [-0.2, 0) is 5.54 Å². The Kier molecular flexibility index (Phi) is 3.72. The molecular weight excluding hydrogens is 224 g/mol. The van der Waals surface area contributed by atoms with Gasteiger partial charge in [-0.25, -0.2) is 0 Å². The maximum absolute atomic E-state index is 9.05. The Morgan fingerprint density at radius 3 is 2.72 bits per heavy atom. The molecule has 0 radical (unpaired) electrons. The molecule has 0 spiro atoms. The first-order valence-electron chi connectivity index (χ1n) is 6.75. The fraction of sp³-hybridized carbons (Fsp3) is 0.714. The van der Waals surface area contributed by atoms with Gasteiger partial charge in [0.25, 0.3) is 0 Å². The van der Waals surface area contributed by atoms with Crippen LogP contribution in [0, 0.1) is 11.3 Å². The molecule has 0 bridgehead atoms. The average Bonchev–Trinajstić information content (AvgIpc) is 2.75. The third kappa shape index (κ3) is 2.28. The molecule has 4 heteroatoms. The second kappa shape index (κ2) is 5.11. The highest BCUT2D eigenvalue weighted by molar-refractivity contribution is 5.14. The van der Waals surface area contributed by atoms with Gasteiger partial charge in [0.1, 0.15) is 5.54 Å². The lowest BCUT2D eigenvalue weighted by Crippen LogP contribution is -2.62. The van der Waals surface area contributed by atoms with Crippen molar-refractivity contribution in [3.63, 3.8) is 0 Å². The van der Waals surface area contributed by atoms with Gasteiger partial charge in [0.15, 0.2) is 0 Å². The van der Waals surface area contributed by atoms with E-state index in [-0.39, 0.29) is 5.54 Å². The summed E-state index contributed by atoms with van der Waals surface area (Å²) >= 11 is 0. The van der Waals surface area contributed by atoms with Crippen LogP contribution < -0.4 is 0 Å². The molecule has 2 rings (SSSR count). The van der Waals surface area contributed by atoms with Crippen LogP contribution in [0.2, 0.25) is 0 Å². The minimum Gasteiger partial charge on any atom is -0.298 e. The van der Waals surface area contributed by atoms with E-state index >= 15 is 0 Å². The van der Waals surface area contributed by atoms with E-state index in [0.717, 1.165) is 19.6 Å². The average molecular weight is 246 g/mol. The summed E-state index contributed by atoms with van der Waals surface area (Å²) in [5, 5.41) is 13.5. The lowest BCUT2D eigenvalue weighted by atomic mass is 9.86. The minimum absolute atomic E-state index is 0.0862. The minimum atomic E-state index is -0.0862. The fourth-order valence-corrected chi connectivity index (χ4v) is 2.64. The fourth-order valence-electron chi connectivity index (χ4n) is 2.64. The van der Waals surface area contributed by atoms with Gasteiger partial charge < -0.3 is 0 Å². The van der Waals surface area contributed by atoms with Crippen LogP contribution in [-0.4, -0.2) is 34.3 Å². The normalized spacial score (nSPS) is 18.6. The SMILES string of the molecule is CCCN1CC(CC#N)(n2cc(C(C)C)cn2)C1. The number of likely N-dealkylation sites (tertiary alicyclic amines) is 1. The van der Waals surface area contributed by atoms with Crippen LogP contribution in [0.5, 0.6) is 0 Å². The Morgan fingerprint density at radius 2 is 2.22 bits per heavy atom. The monoisotopic (exact) mass is 246 g/mol. The molecule has 1 fully saturated rings. The Hall–Kier alpha value is -1.34. The summed E-state index contributed by atoms with van der Waals surface area (Å²) < 4.78 is 2.03. The van der Waals surface area contributed by atoms with Crippen LogP contribution in [0.1, 0.15) is 45.1 Å². The molecule has 1 aliphatic rings. The molecular formula is C14H22N4. The highest BCUT2D eigenvalue weighted by Gasteiger charge is 2.44. The molecule has 0 saturated carbocycles. The van der Waals surface area contributed by atoms with Gasteiger partial charge in [-0.05, 0) is 24.4 Å². The molecule has 0 atom stereocenters.